The largest absolute Gasteiger partial charge is 0.379 e. The number of anilines is 1. The lowest BCUT2D eigenvalue weighted by molar-refractivity contribution is 0.0351. The van der Waals surface area contributed by atoms with Crippen LogP contribution in [0.25, 0.3) is 0 Å². The second-order valence-corrected chi connectivity index (χ2v) is 9.33. The molecule has 1 heterocycles. The molecular weight excluding hydrogens is 437 g/mol. The lowest BCUT2D eigenvalue weighted by Crippen LogP contribution is -2.44. The Labute approximate surface area is 211 Å². The molecule has 0 spiro atoms. The molecule has 34 heavy (non-hydrogen) atoms. The van der Waals surface area contributed by atoms with E-state index in [-0.39, 0.29) is 11.9 Å². The highest BCUT2D eigenvalue weighted by molar-refractivity contribution is 6.32. The molecule has 6 heteroatoms. The Bertz CT molecular complexity index is 987. The van der Waals surface area contributed by atoms with Gasteiger partial charge in [-0.15, -0.1) is 4.43 Å². The van der Waals surface area contributed by atoms with Crippen molar-refractivity contribution in [2.45, 2.75) is 12.3 Å². The van der Waals surface area contributed by atoms with Gasteiger partial charge in [-0.1, -0.05) is 78.9 Å². The summed E-state index contributed by atoms with van der Waals surface area (Å²) in [6.45, 7) is 5.56. The predicted octanol–water partition coefficient (Wildman–Crippen LogP) is 3.87. The molecule has 4 rings (SSSR count). The highest BCUT2D eigenvalue weighted by Crippen LogP contribution is 2.28. The first-order valence-electron chi connectivity index (χ1n) is 12.0. The molecule has 0 atom stereocenters. The van der Waals surface area contributed by atoms with Crippen LogP contribution in [0, 0.1) is 0 Å². The topological polar surface area (TPSA) is 44.8 Å². The first-order valence-corrected chi connectivity index (χ1v) is 12.6. The standard InChI is InChI=1S/C28H32N3O2.Al/c32-28(29-26-14-8-3-9-15-26)31(19-18-30-20-22-33-23-21-30)17-16-27(24-10-4-1-5-11-24)25-12-6-2-7-13-25;/h1-8,10-15,27H,16-23H2,(H,29,32);. The molecule has 0 bridgehead atoms. The van der Waals surface area contributed by atoms with Gasteiger partial charge in [-0.2, -0.15) is 0 Å². The van der Waals surface area contributed by atoms with Crippen molar-refractivity contribution in [3.05, 3.63) is 96.1 Å². The molecule has 174 valence electrons. The lowest BCUT2D eigenvalue weighted by Gasteiger charge is -2.31. The summed E-state index contributed by atoms with van der Waals surface area (Å²) in [5.41, 5.74) is 3.37. The molecule has 1 fully saturated rings. The highest BCUT2D eigenvalue weighted by atomic mass is 27.0. The van der Waals surface area contributed by atoms with Gasteiger partial charge in [0.05, 0.1) is 13.2 Å². The van der Waals surface area contributed by atoms with Crippen LogP contribution in [-0.4, -0.2) is 78.1 Å². The molecule has 0 aromatic heterocycles. The van der Waals surface area contributed by atoms with Gasteiger partial charge >= 0.3 is 6.03 Å². The van der Waals surface area contributed by atoms with Crippen LogP contribution in [0.5, 0.6) is 0 Å². The summed E-state index contributed by atoms with van der Waals surface area (Å²) >= 11 is 2.68. The summed E-state index contributed by atoms with van der Waals surface area (Å²) in [5, 5.41) is 3.10. The average molecular weight is 470 g/mol. The minimum absolute atomic E-state index is 0.0521. The fraction of sp³-hybridized carbons (Fsp3) is 0.321. The van der Waals surface area contributed by atoms with E-state index >= 15 is 0 Å². The number of hydrogen-bond acceptors (Lipinski definition) is 3. The number of ether oxygens (including phenoxy) is 1. The molecule has 1 saturated heterocycles. The normalized spacial score (nSPS) is 14.1. The fourth-order valence-corrected chi connectivity index (χ4v) is 4.69. The number of rotatable bonds is 9. The summed E-state index contributed by atoms with van der Waals surface area (Å²) in [6, 6.07) is 29.0. The minimum atomic E-state index is -0.0521. The van der Waals surface area contributed by atoms with Crippen LogP contribution in [0.2, 0.25) is 0 Å². The van der Waals surface area contributed by atoms with Gasteiger partial charge in [0.1, 0.15) is 0 Å². The molecule has 1 aliphatic rings. The van der Waals surface area contributed by atoms with E-state index in [1.54, 1.807) is 0 Å². The predicted molar refractivity (Wildman–Crippen MR) is 139 cm³/mol. The molecule has 1 N–H and O–H groups in total. The first kappa shape index (κ1) is 24.5. The molecule has 0 saturated carbocycles. The number of amides is 2. The zero-order chi connectivity index (χ0) is 23.6. The first-order chi connectivity index (χ1) is 16.7. The van der Waals surface area contributed by atoms with Gasteiger partial charge in [-0.3, -0.25) is 4.90 Å². The second kappa shape index (κ2) is 12.7. The lowest BCUT2D eigenvalue weighted by atomic mass is 9.88. The zero-order valence-corrected chi connectivity index (χ0v) is 20.8. The number of urea groups is 1. The van der Waals surface area contributed by atoms with Gasteiger partial charge < -0.3 is 15.0 Å². The van der Waals surface area contributed by atoms with Crippen molar-refractivity contribution in [3.8, 4) is 0 Å². The van der Waals surface area contributed by atoms with E-state index in [2.05, 4.69) is 75.0 Å². The highest BCUT2D eigenvalue weighted by Gasteiger charge is 2.20. The van der Waals surface area contributed by atoms with Crippen molar-refractivity contribution >= 4 is 32.4 Å². The van der Waals surface area contributed by atoms with Crippen molar-refractivity contribution in [2.75, 3.05) is 51.3 Å². The van der Waals surface area contributed by atoms with Crippen molar-refractivity contribution in [3.63, 3.8) is 0 Å². The summed E-state index contributed by atoms with van der Waals surface area (Å²) in [7, 11) is 0. The molecule has 5 nitrogen and oxygen atoms in total. The van der Waals surface area contributed by atoms with E-state index in [9.17, 15) is 4.79 Å². The number of carbonyl (C=O) groups excluding carboxylic acids is 1. The van der Waals surface area contributed by atoms with Crippen LogP contribution in [0.3, 0.4) is 0 Å². The average Bonchev–Trinajstić information content (AvgIpc) is 2.88. The van der Waals surface area contributed by atoms with Crippen LogP contribution in [0.15, 0.2) is 84.9 Å². The number of benzene rings is 3. The van der Waals surface area contributed by atoms with Crippen molar-refractivity contribution in [2.24, 2.45) is 0 Å². The maximum absolute atomic E-state index is 13.3. The number of hydrogen-bond donors (Lipinski definition) is 1. The monoisotopic (exact) mass is 469 g/mol. The van der Waals surface area contributed by atoms with E-state index in [4.69, 9.17) is 4.74 Å². The van der Waals surface area contributed by atoms with Gasteiger partial charge in [0.25, 0.3) is 0 Å². The Morgan fingerprint density at radius 2 is 1.56 bits per heavy atom. The Morgan fingerprint density at radius 3 is 2.18 bits per heavy atom. The van der Waals surface area contributed by atoms with E-state index in [0.717, 1.165) is 49.4 Å². The molecule has 2 radical (unpaired) electrons. The summed E-state index contributed by atoms with van der Waals surface area (Å²) < 4.78 is 6.53. The number of nitrogens with zero attached hydrogens (tertiary/aromatic N) is 2. The summed E-state index contributed by atoms with van der Waals surface area (Å²) in [4.78, 5) is 17.7. The van der Waals surface area contributed by atoms with Crippen LogP contribution in [0.1, 0.15) is 23.5 Å². The second-order valence-electron chi connectivity index (χ2n) is 8.66. The summed E-state index contributed by atoms with van der Waals surface area (Å²) in [6.07, 6.45) is 0.855. The van der Waals surface area contributed by atoms with Crippen molar-refractivity contribution in [1.29, 1.82) is 0 Å². The third-order valence-electron chi connectivity index (χ3n) is 6.31. The van der Waals surface area contributed by atoms with E-state index in [0.29, 0.717) is 13.1 Å². The van der Waals surface area contributed by atoms with Crippen LogP contribution < -0.4 is 9.74 Å². The number of nitrogens with one attached hydrogen (secondary N) is 1. The van der Waals surface area contributed by atoms with Gasteiger partial charge in [0.2, 0.25) is 0 Å². The third-order valence-corrected chi connectivity index (χ3v) is 6.67. The van der Waals surface area contributed by atoms with Crippen molar-refractivity contribution in [1.82, 2.24) is 9.80 Å². The Morgan fingerprint density at radius 1 is 0.912 bits per heavy atom. The van der Waals surface area contributed by atoms with Gasteiger partial charge in [0, 0.05) is 44.3 Å². The van der Waals surface area contributed by atoms with Gasteiger partial charge in [-0.25, -0.2) is 4.79 Å². The van der Waals surface area contributed by atoms with E-state index < -0.39 is 0 Å². The van der Waals surface area contributed by atoms with E-state index in [1.807, 2.05) is 41.3 Å². The smallest absolute Gasteiger partial charge is 0.321 e. The zero-order valence-electron chi connectivity index (χ0n) is 19.6. The Balaban J connectivity index is 1.48. The summed E-state index contributed by atoms with van der Waals surface area (Å²) in [5.74, 6) is 0.233. The van der Waals surface area contributed by atoms with Crippen molar-refractivity contribution < 1.29 is 9.53 Å². The maximum atomic E-state index is 13.3. The molecule has 0 aliphatic carbocycles. The van der Waals surface area contributed by atoms with Gasteiger partial charge in [0.15, 0.2) is 16.3 Å². The SMILES string of the molecule is O=C(Nc1ccc[c]([Al])c1)N(CCC(c1ccccc1)c1ccccc1)CCN1CCOCC1. The van der Waals surface area contributed by atoms with Crippen LogP contribution in [-0.2, 0) is 4.74 Å². The molecule has 0 unspecified atom stereocenters. The minimum Gasteiger partial charge on any atom is -0.379 e. The molecule has 3 aromatic carbocycles. The molecular formula is C28H32AlN3O2. The Kier molecular flexibility index (Phi) is 9.18. The van der Waals surface area contributed by atoms with Crippen LogP contribution >= 0.6 is 0 Å². The Hall–Kier alpha value is -2.62. The number of morpholine rings is 1. The quantitative estimate of drug-likeness (QED) is 0.484. The van der Waals surface area contributed by atoms with E-state index in [1.165, 1.54) is 11.1 Å². The third kappa shape index (κ3) is 7.19. The maximum Gasteiger partial charge on any atom is 0.321 e. The van der Waals surface area contributed by atoms with Crippen LogP contribution in [0.4, 0.5) is 10.5 Å². The van der Waals surface area contributed by atoms with Gasteiger partial charge in [-0.05, 0) is 23.6 Å². The number of carbonyl (C=O) groups is 1. The molecule has 1 aliphatic heterocycles. The molecule has 2 amide bonds. The molecule has 3 aromatic rings. The fourth-order valence-electron chi connectivity index (χ4n) is 4.40.